The number of rotatable bonds is 6. The highest BCUT2D eigenvalue weighted by Crippen LogP contribution is 2.33. The van der Waals surface area contributed by atoms with E-state index >= 15 is 0 Å². The minimum absolute atomic E-state index is 0.834. The molecule has 3 rings (SSSR count). The summed E-state index contributed by atoms with van der Waals surface area (Å²) >= 11 is 3.60. The smallest absolute Gasteiger partial charge is 0.127 e. The zero-order chi connectivity index (χ0) is 13.8. The van der Waals surface area contributed by atoms with Crippen LogP contribution < -0.4 is 10.1 Å². The van der Waals surface area contributed by atoms with E-state index in [2.05, 4.69) is 33.4 Å². The summed E-state index contributed by atoms with van der Waals surface area (Å²) in [6, 6.07) is 4.38. The molecule has 0 radical (unpaired) electrons. The summed E-state index contributed by atoms with van der Waals surface area (Å²) in [5, 5.41) is 3.58. The van der Waals surface area contributed by atoms with Crippen LogP contribution in [0.1, 0.15) is 49.7 Å². The fourth-order valence-electron chi connectivity index (χ4n) is 3.52. The molecule has 20 heavy (non-hydrogen) atoms. The van der Waals surface area contributed by atoms with Gasteiger partial charge in [-0.3, -0.25) is 0 Å². The Hall–Kier alpha value is -0.540. The van der Waals surface area contributed by atoms with Crippen LogP contribution in [0, 0.1) is 5.92 Å². The highest BCUT2D eigenvalue weighted by atomic mass is 79.9. The zero-order valence-corrected chi connectivity index (χ0v) is 13.7. The molecule has 1 aliphatic heterocycles. The normalized spacial score (nSPS) is 18.2. The molecule has 2 nitrogen and oxygen atoms in total. The summed E-state index contributed by atoms with van der Waals surface area (Å²) in [4.78, 5) is 0. The van der Waals surface area contributed by atoms with Crippen LogP contribution in [0.3, 0.4) is 0 Å². The second kappa shape index (κ2) is 6.95. The van der Waals surface area contributed by atoms with Gasteiger partial charge in [-0.15, -0.1) is 0 Å². The Labute approximate surface area is 130 Å². The molecular weight excluding hydrogens is 314 g/mol. The number of benzene rings is 1. The van der Waals surface area contributed by atoms with Gasteiger partial charge in [-0.05, 0) is 43.0 Å². The van der Waals surface area contributed by atoms with Crippen LogP contribution in [-0.4, -0.2) is 13.2 Å². The molecule has 110 valence electrons. The van der Waals surface area contributed by atoms with E-state index in [1.165, 1.54) is 54.1 Å². The van der Waals surface area contributed by atoms with Gasteiger partial charge in [-0.1, -0.05) is 41.6 Å². The molecule has 0 aromatic heterocycles. The number of ether oxygens (including phenoxy) is 1. The lowest BCUT2D eigenvalue weighted by molar-refractivity contribution is 0.352. The topological polar surface area (TPSA) is 21.3 Å². The van der Waals surface area contributed by atoms with E-state index in [0.717, 1.165) is 37.8 Å². The molecule has 1 aromatic carbocycles. The molecule has 0 bridgehead atoms. The fourth-order valence-corrected chi connectivity index (χ4v) is 4.07. The Morgan fingerprint density at radius 1 is 1.25 bits per heavy atom. The molecule has 1 N–H and O–H groups in total. The molecule has 0 unspecified atom stereocenters. The predicted molar refractivity (Wildman–Crippen MR) is 86.2 cm³/mol. The number of halogens is 1. The largest absolute Gasteiger partial charge is 0.493 e. The SMILES string of the molecule is Brc1cc2c(c(CNCCCC3CCCC3)c1)OCC2. The van der Waals surface area contributed by atoms with E-state index in [-0.39, 0.29) is 0 Å². The third kappa shape index (κ3) is 3.56. The summed E-state index contributed by atoms with van der Waals surface area (Å²) in [6.45, 7) is 2.88. The molecule has 1 fully saturated rings. The summed E-state index contributed by atoms with van der Waals surface area (Å²) in [7, 11) is 0. The van der Waals surface area contributed by atoms with Crippen molar-refractivity contribution in [2.75, 3.05) is 13.2 Å². The van der Waals surface area contributed by atoms with Crippen LogP contribution in [0.4, 0.5) is 0 Å². The number of hydrogen-bond acceptors (Lipinski definition) is 2. The van der Waals surface area contributed by atoms with E-state index in [0.29, 0.717) is 0 Å². The van der Waals surface area contributed by atoms with Gasteiger partial charge in [-0.25, -0.2) is 0 Å². The van der Waals surface area contributed by atoms with Crippen molar-refractivity contribution >= 4 is 15.9 Å². The van der Waals surface area contributed by atoms with Crippen LogP contribution in [0.2, 0.25) is 0 Å². The molecule has 1 saturated carbocycles. The first kappa shape index (κ1) is 14.4. The predicted octanol–water partition coefficient (Wildman–Crippen LogP) is 4.44. The van der Waals surface area contributed by atoms with Crippen molar-refractivity contribution in [2.45, 2.75) is 51.5 Å². The quantitative estimate of drug-likeness (QED) is 0.774. The molecule has 2 aliphatic rings. The van der Waals surface area contributed by atoms with Crippen molar-refractivity contribution in [1.29, 1.82) is 0 Å². The second-order valence-corrected chi connectivity index (χ2v) is 7.04. The van der Waals surface area contributed by atoms with Crippen LogP contribution >= 0.6 is 15.9 Å². The van der Waals surface area contributed by atoms with Crippen molar-refractivity contribution < 1.29 is 4.74 Å². The molecular formula is C17H24BrNO. The van der Waals surface area contributed by atoms with Gasteiger partial charge in [0.1, 0.15) is 5.75 Å². The van der Waals surface area contributed by atoms with Gasteiger partial charge in [0.2, 0.25) is 0 Å². The van der Waals surface area contributed by atoms with Crippen molar-refractivity contribution in [2.24, 2.45) is 5.92 Å². The van der Waals surface area contributed by atoms with E-state index in [4.69, 9.17) is 4.74 Å². The van der Waals surface area contributed by atoms with Crippen LogP contribution in [0.25, 0.3) is 0 Å². The molecule has 0 spiro atoms. The highest BCUT2D eigenvalue weighted by molar-refractivity contribution is 9.10. The standard InChI is InChI=1S/C17H24BrNO/c18-16-10-14-7-9-20-17(14)15(11-16)12-19-8-3-6-13-4-1-2-5-13/h10-11,13,19H,1-9,12H2. The van der Waals surface area contributed by atoms with Crippen molar-refractivity contribution in [3.63, 3.8) is 0 Å². The summed E-state index contributed by atoms with van der Waals surface area (Å²) in [6.07, 6.45) is 9.60. The molecule has 3 heteroatoms. The molecule has 1 heterocycles. The lowest BCUT2D eigenvalue weighted by Crippen LogP contribution is -2.16. The van der Waals surface area contributed by atoms with Gasteiger partial charge in [0.25, 0.3) is 0 Å². The monoisotopic (exact) mass is 337 g/mol. The number of nitrogens with one attached hydrogen (secondary N) is 1. The Morgan fingerprint density at radius 3 is 2.95 bits per heavy atom. The summed E-state index contributed by atoms with van der Waals surface area (Å²) in [5.41, 5.74) is 2.65. The maximum Gasteiger partial charge on any atom is 0.127 e. The number of hydrogen-bond donors (Lipinski definition) is 1. The van der Waals surface area contributed by atoms with E-state index in [9.17, 15) is 0 Å². The first-order chi connectivity index (χ1) is 9.83. The molecule has 0 saturated heterocycles. The van der Waals surface area contributed by atoms with E-state index in [1.54, 1.807) is 0 Å². The first-order valence-electron chi connectivity index (χ1n) is 7.98. The minimum atomic E-state index is 0.834. The zero-order valence-electron chi connectivity index (χ0n) is 12.1. The maximum absolute atomic E-state index is 5.76. The summed E-state index contributed by atoms with van der Waals surface area (Å²) < 4.78 is 6.93. The average Bonchev–Trinajstić information content (AvgIpc) is 3.08. The first-order valence-corrected chi connectivity index (χ1v) is 8.77. The Balaban J connectivity index is 1.44. The summed E-state index contributed by atoms with van der Waals surface area (Å²) in [5.74, 6) is 2.13. The van der Waals surface area contributed by atoms with Crippen molar-refractivity contribution in [3.8, 4) is 5.75 Å². The van der Waals surface area contributed by atoms with Gasteiger partial charge in [-0.2, -0.15) is 0 Å². The second-order valence-electron chi connectivity index (χ2n) is 6.12. The number of fused-ring (bicyclic) bond motifs is 1. The Kier molecular flexibility index (Phi) is 5.00. The van der Waals surface area contributed by atoms with Crippen molar-refractivity contribution in [1.82, 2.24) is 5.32 Å². The van der Waals surface area contributed by atoms with Gasteiger partial charge >= 0.3 is 0 Å². The van der Waals surface area contributed by atoms with Gasteiger partial charge in [0.05, 0.1) is 6.61 Å². The van der Waals surface area contributed by atoms with Crippen LogP contribution in [0.15, 0.2) is 16.6 Å². The van der Waals surface area contributed by atoms with Gasteiger partial charge in [0, 0.05) is 23.0 Å². The lowest BCUT2D eigenvalue weighted by atomic mass is 10.0. The van der Waals surface area contributed by atoms with Crippen LogP contribution in [-0.2, 0) is 13.0 Å². The Morgan fingerprint density at radius 2 is 2.10 bits per heavy atom. The van der Waals surface area contributed by atoms with Crippen LogP contribution in [0.5, 0.6) is 5.75 Å². The minimum Gasteiger partial charge on any atom is -0.493 e. The van der Waals surface area contributed by atoms with E-state index in [1.807, 2.05) is 0 Å². The van der Waals surface area contributed by atoms with Crippen molar-refractivity contribution in [3.05, 3.63) is 27.7 Å². The molecule has 0 amide bonds. The fraction of sp³-hybridized carbons (Fsp3) is 0.647. The maximum atomic E-state index is 5.76. The molecule has 0 atom stereocenters. The molecule has 1 aliphatic carbocycles. The Bertz CT molecular complexity index is 455. The third-order valence-electron chi connectivity index (χ3n) is 4.58. The van der Waals surface area contributed by atoms with Gasteiger partial charge in [0.15, 0.2) is 0 Å². The van der Waals surface area contributed by atoms with Gasteiger partial charge < -0.3 is 10.1 Å². The highest BCUT2D eigenvalue weighted by Gasteiger charge is 2.17. The van der Waals surface area contributed by atoms with E-state index < -0.39 is 0 Å². The third-order valence-corrected chi connectivity index (χ3v) is 5.04. The lowest BCUT2D eigenvalue weighted by Gasteiger charge is -2.12. The molecule has 1 aromatic rings. The average molecular weight is 338 g/mol.